The van der Waals surface area contributed by atoms with E-state index in [9.17, 15) is 4.79 Å². The Morgan fingerprint density at radius 3 is 2.21 bits per heavy atom. The van der Waals surface area contributed by atoms with Gasteiger partial charge < -0.3 is 11.1 Å². The van der Waals surface area contributed by atoms with Crippen LogP contribution in [0.25, 0.3) is 0 Å². The fourth-order valence-electron chi connectivity index (χ4n) is 4.56. The lowest BCUT2D eigenvalue weighted by molar-refractivity contribution is -0.123. The summed E-state index contributed by atoms with van der Waals surface area (Å²) in [5.74, 6) is 3.84. The maximum absolute atomic E-state index is 12.2. The normalized spacial score (nSPS) is 38.6. The Morgan fingerprint density at radius 2 is 1.74 bits per heavy atom. The van der Waals surface area contributed by atoms with Gasteiger partial charge >= 0.3 is 0 Å². The van der Waals surface area contributed by atoms with E-state index in [2.05, 4.69) is 19.2 Å². The van der Waals surface area contributed by atoms with Crippen molar-refractivity contribution in [3.05, 3.63) is 0 Å². The molecule has 3 aliphatic rings. The molecule has 0 aliphatic heterocycles. The second kappa shape index (κ2) is 5.25. The summed E-state index contributed by atoms with van der Waals surface area (Å²) in [6.07, 6.45) is 6.00. The minimum atomic E-state index is -0.210. The Balaban J connectivity index is 0.00000133. The molecule has 0 aromatic carbocycles. The average molecular weight is 287 g/mol. The van der Waals surface area contributed by atoms with E-state index in [1.807, 2.05) is 0 Å². The summed E-state index contributed by atoms with van der Waals surface area (Å²) >= 11 is 0. The zero-order valence-corrected chi connectivity index (χ0v) is 12.8. The molecule has 1 amide bonds. The van der Waals surface area contributed by atoms with Crippen molar-refractivity contribution in [1.82, 2.24) is 5.32 Å². The van der Waals surface area contributed by atoms with Crippen molar-refractivity contribution in [2.75, 3.05) is 6.54 Å². The molecular weight excluding hydrogens is 260 g/mol. The standard InChI is InChI=1S/C15H26N2O.ClH/c1-3-15(16,4-2)8-17-14(18)13-11-9-5-6-10(7-9)12(11)13;/h9-13H,3-8,16H2,1-2H3,(H,17,18);1H. The van der Waals surface area contributed by atoms with Crippen molar-refractivity contribution in [3.8, 4) is 0 Å². The van der Waals surface area contributed by atoms with Crippen LogP contribution >= 0.6 is 12.4 Å². The van der Waals surface area contributed by atoms with Crippen LogP contribution < -0.4 is 11.1 Å². The predicted molar refractivity (Wildman–Crippen MR) is 79.1 cm³/mol. The summed E-state index contributed by atoms with van der Waals surface area (Å²) in [7, 11) is 0. The lowest BCUT2D eigenvalue weighted by atomic mass is 9.94. The number of amides is 1. The molecule has 4 heteroatoms. The Morgan fingerprint density at radius 1 is 1.21 bits per heavy atom. The van der Waals surface area contributed by atoms with E-state index in [4.69, 9.17) is 5.73 Å². The molecule has 0 radical (unpaired) electrons. The number of nitrogens with one attached hydrogen (secondary N) is 1. The van der Waals surface area contributed by atoms with Crippen molar-refractivity contribution < 1.29 is 4.79 Å². The van der Waals surface area contributed by atoms with Crippen molar-refractivity contribution in [2.24, 2.45) is 35.3 Å². The topological polar surface area (TPSA) is 55.1 Å². The van der Waals surface area contributed by atoms with Gasteiger partial charge in [0, 0.05) is 18.0 Å². The van der Waals surface area contributed by atoms with E-state index in [-0.39, 0.29) is 17.9 Å². The molecule has 3 N–H and O–H groups in total. The summed E-state index contributed by atoms with van der Waals surface area (Å²) in [5.41, 5.74) is 6.02. The van der Waals surface area contributed by atoms with Gasteiger partial charge in [-0.25, -0.2) is 0 Å². The van der Waals surface area contributed by atoms with Gasteiger partial charge in [0.25, 0.3) is 0 Å². The Kier molecular flexibility index (Phi) is 4.18. The lowest BCUT2D eigenvalue weighted by Gasteiger charge is -2.27. The molecule has 110 valence electrons. The summed E-state index contributed by atoms with van der Waals surface area (Å²) in [5, 5.41) is 3.12. The van der Waals surface area contributed by atoms with Crippen molar-refractivity contribution in [2.45, 2.75) is 51.5 Å². The number of fused-ring (bicyclic) bond motifs is 5. The monoisotopic (exact) mass is 286 g/mol. The number of hydrogen-bond acceptors (Lipinski definition) is 2. The third kappa shape index (κ3) is 2.40. The molecule has 0 heterocycles. The quantitative estimate of drug-likeness (QED) is 0.815. The summed E-state index contributed by atoms with van der Waals surface area (Å²) in [6, 6.07) is 0. The fourth-order valence-corrected chi connectivity index (χ4v) is 4.56. The van der Waals surface area contributed by atoms with E-state index in [0.29, 0.717) is 18.4 Å². The summed E-state index contributed by atoms with van der Waals surface area (Å²) in [4.78, 5) is 12.2. The molecule has 0 aromatic rings. The van der Waals surface area contributed by atoms with Crippen LogP contribution in [0.2, 0.25) is 0 Å². The Labute approximate surface area is 122 Å². The van der Waals surface area contributed by atoms with Crippen LogP contribution in [0.1, 0.15) is 46.0 Å². The smallest absolute Gasteiger partial charge is 0.223 e. The van der Waals surface area contributed by atoms with Crippen LogP contribution in [0.15, 0.2) is 0 Å². The van der Waals surface area contributed by atoms with E-state index >= 15 is 0 Å². The van der Waals surface area contributed by atoms with Gasteiger partial charge in [-0.1, -0.05) is 13.8 Å². The van der Waals surface area contributed by atoms with Crippen molar-refractivity contribution >= 4 is 18.3 Å². The first-order chi connectivity index (χ1) is 8.59. The number of halogens is 1. The number of rotatable bonds is 5. The molecule has 4 unspecified atom stereocenters. The Bertz CT molecular complexity index is 340. The molecule has 3 aliphatic carbocycles. The molecule has 0 aromatic heterocycles. The third-order valence-corrected chi connectivity index (χ3v) is 6.06. The van der Waals surface area contributed by atoms with Gasteiger partial charge in [-0.2, -0.15) is 0 Å². The van der Waals surface area contributed by atoms with Crippen LogP contribution in [-0.2, 0) is 4.79 Å². The van der Waals surface area contributed by atoms with Crippen LogP contribution in [0.3, 0.4) is 0 Å². The molecule has 2 bridgehead atoms. The van der Waals surface area contributed by atoms with Gasteiger partial charge in [-0.05, 0) is 55.8 Å². The van der Waals surface area contributed by atoms with E-state index < -0.39 is 0 Å². The largest absolute Gasteiger partial charge is 0.354 e. The third-order valence-electron chi connectivity index (χ3n) is 6.06. The number of nitrogens with two attached hydrogens (primary N) is 1. The molecule has 4 atom stereocenters. The molecule has 3 rings (SSSR count). The van der Waals surface area contributed by atoms with E-state index in [1.165, 1.54) is 19.3 Å². The zero-order valence-electron chi connectivity index (χ0n) is 12.0. The van der Waals surface area contributed by atoms with E-state index in [1.54, 1.807) is 0 Å². The van der Waals surface area contributed by atoms with Gasteiger partial charge in [0.15, 0.2) is 0 Å². The highest BCUT2D eigenvalue weighted by Gasteiger charge is 2.67. The van der Waals surface area contributed by atoms with Crippen LogP contribution in [-0.4, -0.2) is 18.0 Å². The van der Waals surface area contributed by atoms with Gasteiger partial charge in [0.05, 0.1) is 0 Å². The van der Waals surface area contributed by atoms with Gasteiger partial charge in [-0.15, -0.1) is 12.4 Å². The van der Waals surface area contributed by atoms with Crippen LogP contribution in [0, 0.1) is 29.6 Å². The first-order valence-electron chi connectivity index (χ1n) is 7.66. The van der Waals surface area contributed by atoms with Gasteiger partial charge in [0.1, 0.15) is 0 Å². The van der Waals surface area contributed by atoms with Crippen molar-refractivity contribution in [3.63, 3.8) is 0 Å². The fraction of sp³-hybridized carbons (Fsp3) is 0.933. The number of carbonyl (C=O) groups is 1. The molecule has 0 saturated heterocycles. The molecule has 0 spiro atoms. The first kappa shape index (κ1) is 15.1. The molecule has 3 nitrogen and oxygen atoms in total. The van der Waals surface area contributed by atoms with Crippen molar-refractivity contribution in [1.29, 1.82) is 0 Å². The van der Waals surface area contributed by atoms with Crippen LogP contribution in [0.5, 0.6) is 0 Å². The summed E-state index contributed by atoms with van der Waals surface area (Å²) < 4.78 is 0. The molecular formula is C15H27ClN2O. The highest BCUT2D eigenvalue weighted by Crippen LogP contribution is 2.69. The maximum atomic E-state index is 12.2. The second-order valence-corrected chi connectivity index (χ2v) is 6.80. The maximum Gasteiger partial charge on any atom is 0.223 e. The zero-order chi connectivity index (χ0) is 12.9. The van der Waals surface area contributed by atoms with E-state index in [0.717, 1.165) is 36.5 Å². The lowest BCUT2D eigenvalue weighted by Crippen LogP contribution is -2.49. The first-order valence-corrected chi connectivity index (χ1v) is 7.66. The minimum absolute atomic E-state index is 0. The molecule has 3 saturated carbocycles. The van der Waals surface area contributed by atoms with Gasteiger partial charge in [-0.3, -0.25) is 4.79 Å². The van der Waals surface area contributed by atoms with Crippen LogP contribution in [0.4, 0.5) is 0 Å². The Hall–Kier alpha value is -0.280. The number of hydrogen-bond donors (Lipinski definition) is 2. The average Bonchev–Trinajstić information content (AvgIpc) is 2.84. The highest BCUT2D eigenvalue weighted by atomic mass is 35.5. The highest BCUT2D eigenvalue weighted by molar-refractivity contribution is 5.85. The minimum Gasteiger partial charge on any atom is -0.354 e. The second-order valence-electron chi connectivity index (χ2n) is 6.80. The number of carbonyl (C=O) groups excluding carboxylic acids is 1. The van der Waals surface area contributed by atoms with Gasteiger partial charge in [0.2, 0.25) is 5.91 Å². The SMILES string of the molecule is CCC(N)(CC)CNC(=O)C1C2C3CCC(C3)C12.Cl. The molecule has 19 heavy (non-hydrogen) atoms. The molecule has 3 fully saturated rings. The predicted octanol–water partition coefficient (Wildman–Crippen LogP) is 2.33. The summed E-state index contributed by atoms with van der Waals surface area (Å²) in [6.45, 7) is 4.84.